The maximum Gasteiger partial charge on any atom is 0.0605 e. The Hall–Kier alpha value is -0.120. The molecule has 1 rings (SSSR count). The van der Waals surface area contributed by atoms with Crippen molar-refractivity contribution in [3.05, 3.63) is 0 Å². The summed E-state index contributed by atoms with van der Waals surface area (Å²) >= 11 is 0. The van der Waals surface area contributed by atoms with Crippen molar-refractivity contribution in [2.24, 2.45) is 5.92 Å². The van der Waals surface area contributed by atoms with Crippen molar-refractivity contribution in [2.75, 3.05) is 13.2 Å². The van der Waals surface area contributed by atoms with Gasteiger partial charge in [-0.2, -0.15) is 0 Å². The van der Waals surface area contributed by atoms with Gasteiger partial charge in [-0.25, -0.2) is 0 Å². The van der Waals surface area contributed by atoms with Gasteiger partial charge in [0.2, 0.25) is 0 Å². The molecule has 0 aromatic carbocycles. The monoisotopic (exact) mass is 201 g/mol. The standard InChI is InChI=1S/C11H23NO2/c1-2-9(8-13)11(14)7-10-5-3-4-6-12-10/h9-14H,2-8H2,1H3. The molecule has 0 aromatic rings. The highest BCUT2D eigenvalue weighted by atomic mass is 16.3. The van der Waals surface area contributed by atoms with Crippen LogP contribution in [0, 0.1) is 5.92 Å². The van der Waals surface area contributed by atoms with E-state index >= 15 is 0 Å². The molecule has 0 spiro atoms. The van der Waals surface area contributed by atoms with Crippen molar-refractivity contribution in [1.29, 1.82) is 0 Å². The largest absolute Gasteiger partial charge is 0.396 e. The van der Waals surface area contributed by atoms with E-state index in [4.69, 9.17) is 5.11 Å². The highest BCUT2D eigenvalue weighted by Gasteiger charge is 2.22. The van der Waals surface area contributed by atoms with Crippen LogP contribution >= 0.6 is 0 Å². The molecule has 3 N–H and O–H groups in total. The van der Waals surface area contributed by atoms with Gasteiger partial charge in [-0.3, -0.25) is 0 Å². The molecule has 1 aliphatic heterocycles. The minimum Gasteiger partial charge on any atom is -0.396 e. The first-order chi connectivity index (χ1) is 6.77. The molecule has 0 aromatic heterocycles. The van der Waals surface area contributed by atoms with E-state index in [9.17, 15) is 5.11 Å². The van der Waals surface area contributed by atoms with Gasteiger partial charge in [-0.15, -0.1) is 0 Å². The molecule has 1 saturated heterocycles. The molecule has 1 fully saturated rings. The van der Waals surface area contributed by atoms with Crippen LogP contribution in [0.15, 0.2) is 0 Å². The van der Waals surface area contributed by atoms with Crippen LogP contribution in [0.1, 0.15) is 39.0 Å². The third-order valence-corrected chi connectivity index (χ3v) is 3.24. The predicted octanol–water partition coefficient (Wildman–Crippen LogP) is 0.898. The molecule has 3 nitrogen and oxygen atoms in total. The summed E-state index contributed by atoms with van der Waals surface area (Å²) in [5.74, 6) is 0.0544. The van der Waals surface area contributed by atoms with Gasteiger partial charge in [0.15, 0.2) is 0 Å². The molecule has 0 radical (unpaired) electrons. The summed E-state index contributed by atoms with van der Waals surface area (Å²) in [5, 5.41) is 22.3. The fourth-order valence-electron chi connectivity index (χ4n) is 2.13. The Morgan fingerprint density at radius 1 is 1.43 bits per heavy atom. The van der Waals surface area contributed by atoms with E-state index in [2.05, 4.69) is 5.32 Å². The summed E-state index contributed by atoms with van der Waals surface area (Å²) in [5.41, 5.74) is 0. The summed E-state index contributed by atoms with van der Waals surface area (Å²) in [6.07, 6.45) is 4.98. The molecule has 0 amide bonds. The summed E-state index contributed by atoms with van der Waals surface area (Å²) in [7, 11) is 0. The van der Waals surface area contributed by atoms with Gasteiger partial charge in [-0.05, 0) is 32.2 Å². The first-order valence-electron chi connectivity index (χ1n) is 5.80. The maximum atomic E-state index is 9.86. The Bertz CT molecular complexity index is 142. The molecule has 0 bridgehead atoms. The first-order valence-corrected chi connectivity index (χ1v) is 5.80. The lowest BCUT2D eigenvalue weighted by molar-refractivity contribution is 0.0486. The summed E-state index contributed by atoms with van der Waals surface area (Å²) in [4.78, 5) is 0. The topological polar surface area (TPSA) is 52.5 Å². The molecule has 3 atom stereocenters. The van der Waals surface area contributed by atoms with Gasteiger partial charge in [0.1, 0.15) is 0 Å². The van der Waals surface area contributed by atoms with Crippen molar-refractivity contribution in [3.8, 4) is 0 Å². The van der Waals surface area contributed by atoms with E-state index < -0.39 is 0 Å². The molecule has 14 heavy (non-hydrogen) atoms. The zero-order valence-electron chi connectivity index (χ0n) is 9.08. The van der Waals surface area contributed by atoms with Crippen molar-refractivity contribution in [1.82, 2.24) is 5.32 Å². The van der Waals surface area contributed by atoms with Gasteiger partial charge in [-0.1, -0.05) is 13.3 Å². The third kappa shape index (κ3) is 3.56. The Morgan fingerprint density at radius 3 is 2.71 bits per heavy atom. The zero-order chi connectivity index (χ0) is 10.4. The number of nitrogens with one attached hydrogen (secondary N) is 1. The number of hydrogen-bond donors (Lipinski definition) is 3. The number of hydrogen-bond acceptors (Lipinski definition) is 3. The van der Waals surface area contributed by atoms with E-state index in [1.54, 1.807) is 0 Å². The SMILES string of the molecule is CCC(CO)C(O)CC1CCCCN1. The van der Waals surface area contributed by atoms with Crippen molar-refractivity contribution >= 4 is 0 Å². The fraction of sp³-hybridized carbons (Fsp3) is 1.00. The number of piperidine rings is 1. The predicted molar refractivity (Wildman–Crippen MR) is 57.1 cm³/mol. The lowest BCUT2D eigenvalue weighted by Gasteiger charge is -2.28. The molecule has 0 saturated carbocycles. The summed E-state index contributed by atoms with van der Waals surface area (Å²) < 4.78 is 0. The second-order valence-corrected chi connectivity index (χ2v) is 4.30. The summed E-state index contributed by atoms with van der Waals surface area (Å²) in [6, 6.07) is 0.458. The van der Waals surface area contributed by atoms with Crippen molar-refractivity contribution in [3.63, 3.8) is 0 Å². The molecule has 3 unspecified atom stereocenters. The Labute approximate surface area is 86.5 Å². The average Bonchev–Trinajstić information content (AvgIpc) is 2.21. The van der Waals surface area contributed by atoms with Crippen molar-refractivity contribution in [2.45, 2.75) is 51.2 Å². The second-order valence-electron chi connectivity index (χ2n) is 4.30. The normalized spacial score (nSPS) is 27.2. The van der Waals surface area contributed by atoms with E-state index in [1.165, 1.54) is 19.3 Å². The third-order valence-electron chi connectivity index (χ3n) is 3.24. The van der Waals surface area contributed by atoms with Crippen LogP contribution in [-0.4, -0.2) is 35.5 Å². The van der Waals surface area contributed by atoms with E-state index in [-0.39, 0.29) is 18.6 Å². The maximum absolute atomic E-state index is 9.86. The second kappa shape index (κ2) is 6.38. The molecular formula is C11H23NO2. The molecule has 0 aliphatic carbocycles. The van der Waals surface area contributed by atoms with Crippen LogP contribution in [0.2, 0.25) is 0 Å². The Morgan fingerprint density at radius 2 is 2.21 bits per heavy atom. The smallest absolute Gasteiger partial charge is 0.0605 e. The molecule has 84 valence electrons. The van der Waals surface area contributed by atoms with Crippen LogP contribution in [0.3, 0.4) is 0 Å². The van der Waals surface area contributed by atoms with E-state index in [0.29, 0.717) is 6.04 Å². The Balaban J connectivity index is 2.26. The van der Waals surface area contributed by atoms with Gasteiger partial charge in [0.25, 0.3) is 0 Å². The molecule has 1 aliphatic rings. The van der Waals surface area contributed by atoms with E-state index in [0.717, 1.165) is 19.4 Å². The molecule has 1 heterocycles. The number of aliphatic hydroxyl groups is 2. The lowest BCUT2D eigenvalue weighted by Crippen LogP contribution is -2.39. The summed E-state index contributed by atoms with van der Waals surface area (Å²) in [6.45, 7) is 3.19. The van der Waals surface area contributed by atoms with Crippen LogP contribution in [-0.2, 0) is 0 Å². The van der Waals surface area contributed by atoms with Crippen molar-refractivity contribution < 1.29 is 10.2 Å². The Kier molecular flexibility index (Phi) is 5.45. The molecule has 3 heteroatoms. The highest BCUT2D eigenvalue weighted by molar-refractivity contribution is 4.78. The minimum atomic E-state index is -0.347. The van der Waals surface area contributed by atoms with E-state index in [1.807, 2.05) is 6.92 Å². The number of aliphatic hydroxyl groups excluding tert-OH is 2. The quantitative estimate of drug-likeness (QED) is 0.619. The van der Waals surface area contributed by atoms with Crippen LogP contribution in [0.4, 0.5) is 0 Å². The average molecular weight is 201 g/mol. The highest BCUT2D eigenvalue weighted by Crippen LogP contribution is 2.17. The van der Waals surface area contributed by atoms with Crippen LogP contribution in [0.5, 0.6) is 0 Å². The fourth-order valence-corrected chi connectivity index (χ4v) is 2.13. The van der Waals surface area contributed by atoms with Crippen LogP contribution in [0.25, 0.3) is 0 Å². The van der Waals surface area contributed by atoms with Gasteiger partial charge in [0.05, 0.1) is 6.10 Å². The molecular weight excluding hydrogens is 178 g/mol. The first kappa shape index (κ1) is 12.0. The van der Waals surface area contributed by atoms with Gasteiger partial charge in [0, 0.05) is 18.6 Å². The van der Waals surface area contributed by atoms with Gasteiger partial charge < -0.3 is 15.5 Å². The lowest BCUT2D eigenvalue weighted by atomic mass is 9.91. The van der Waals surface area contributed by atoms with Gasteiger partial charge >= 0.3 is 0 Å². The van der Waals surface area contributed by atoms with Crippen LogP contribution < -0.4 is 5.32 Å². The zero-order valence-corrected chi connectivity index (χ0v) is 9.08. The minimum absolute atomic E-state index is 0.0544. The number of rotatable bonds is 5.